The molecule has 0 aliphatic carbocycles. The van der Waals surface area contributed by atoms with Crippen molar-refractivity contribution in [2.75, 3.05) is 37.4 Å². The van der Waals surface area contributed by atoms with Gasteiger partial charge >= 0.3 is 6.03 Å². The van der Waals surface area contributed by atoms with Crippen molar-refractivity contribution in [3.63, 3.8) is 0 Å². The monoisotopic (exact) mass is 550 g/mol. The molecule has 0 spiro atoms. The van der Waals surface area contributed by atoms with E-state index in [0.717, 1.165) is 0 Å². The number of aromatic nitrogens is 2. The summed E-state index contributed by atoms with van der Waals surface area (Å²) >= 11 is 0. The zero-order valence-electron chi connectivity index (χ0n) is 22.4. The molecule has 0 saturated heterocycles. The second kappa shape index (κ2) is 12.5. The molecule has 4 rings (SSSR count). The summed E-state index contributed by atoms with van der Waals surface area (Å²) in [5.74, 6) is -1.46. The van der Waals surface area contributed by atoms with Crippen LogP contribution in [0.3, 0.4) is 0 Å². The third-order valence-corrected chi connectivity index (χ3v) is 6.63. The molecule has 40 heavy (non-hydrogen) atoms. The summed E-state index contributed by atoms with van der Waals surface area (Å²) in [4.78, 5) is 50.3. The largest absolute Gasteiger partial charge is 0.485 e. The van der Waals surface area contributed by atoms with Crippen LogP contribution in [-0.4, -0.2) is 81.6 Å². The van der Waals surface area contributed by atoms with Crippen LogP contribution in [0.5, 0.6) is 5.75 Å². The average molecular weight is 551 g/mol. The fraction of sp³-hybridized carbons (Fsp3) is 0.321. The summed E-state index contributed by atoms with van der Waals surface area (Å²) in [5, 5.41) is 15.3. The molecule has 0 radical (unpaired) electrons. The Balaban J connectivity index is 1.64. The number of fused-ring (bicyclic) bond motifs is 1. The van der Waals surface area contributed by atoms with Crippen molar-refractivity contribution in [2.24, 2.45) is 5.92 Å². The number of amides is 4. The molecule has 0 saturated carbocycles. The first-order valence-electron chi connectivity index (χ1n) is 12.7. The number of aliphatic hydroxyl groups is 1. The number of nitrogens with one attached hydrogen (secondary N) is 2. The predicted molar refractivity (Wildman–Crippen MR) is 146 cm³/mol. The van der Waals surface area contributed by atoms with Gasteiger partial charge in [0.2, 0.25) is 0 Å². The van der Waals surface area contributed by atoms with Gasteiger partial charge in [-0.3, -0.25) is 14.6 Å². The minimum Gasteiger partial charge on any atom is -0.485 e. The normalized spacial score (nSPS) is 17.5. The number of halogens is 1. The summed E-state index contributed by atoms with van der Waals surface area (Å²) in [6, 6.07) is 9.30. The number of para-hydroxylation sites is 1. The molecule has 2 heterocycles. The van der Waals surface area contributed by atoms with Crippen molar-refractivity contribution in [3.8, 4) is 5.75 Å². The van der Waals surface area contributed by atoms with Crippen LogP contribution < -0.4 is 15.4 Å². The Labute approximate surface area is 231 Å². The number of hydrogen-bond acceptors (Lipinski definition) is 7. The number of ether oxygens (including phenoxy) is 1. The van der Waals surface area contributed by atoms with Gasteiger partial charge in [0.1, 0.15) is 17.6 Å². The first kappa shape index (κ1) is 28.4. The molecule has 3 N–H and O–H groups in total. The molecule has 1 aliphatic rings. The molecule has 0 fully saturated rings. The molecule has 0 bridgehead atoms. The van der Waals surface area contributed by atoms with Crippen molar-refractivity contribution in [2.45, 2.75) is 26.0 Å². The predicted octanol–water partition coefficient (Wildman–Crippen LogP) is 3.25. The van der Waals surface area contributed by atoms with Crippen molar-refractivity contribution < 1.29 is 28.6 Å². The minimum absolute atomic E-state index is 0.0786. The van der Waals surface area contributed by atoms with Gasteiger partial charge in [-0.05, 0) is 43.3 Å². The molecule has 3 aromatic rings. The molecule has 11 nitrogen and oxygen atoms in total. The number of nitrogens with zero attached hydrogens (tertiary/aromatic N) is 4. The van der Waals surface area contributed by atoms with E-state index in [1.165, 1.54) is 47.8 Å². The van der Waals surface area contributed by atoms with Gasteiger partial charge in [-0.25, -0.2) is 14.2 Å². The van der Waals surface area contributed by atoms with E-state index in [1.807, 2.05) is 6.92 Å². The summed E-state index contributed by atoms with van der Waals surface area (Å²) in [6.45, 7) is 3.75. The van der Waals surface area contributed by atoms with Crippen LogP contribution in [0.25, 0.3) is 0 Å². The Hall–Kier alpha value is -4.58. The maximum Gasteiger partial charge on any atom is 0.321 e. The second-order valence-electron chi connectivity index (χ2n) is 9.67. The zero-order valence-corrected chi connectivity index (χ0v) is 22.4. The van der Waals surface area contributed by atoms with Crippen LogP contribution >= 0.6 is 0 Å². The van der Waals surface area contributed by atoms with Crippen molar-refractivity contribution >= 4 is 29.2 Å². The van der Waals surface area contributed by atoms with Crippen LogP contribution in [0.4, 0.5) is 20.6 Å². The highest BCUT2D eigenvalue weighted by atomic mass is 19.1. The molecule has 210 valence electrons. The zero-order chi connectivity index (χ0) is 28.8. The van der Waals surface area contributed by atoms with Crippen LogP contribution in [0.1, 0.15) is 34.7 Å². The lowest BCUT2D eigenvalue weighted by atomic mass is 9.99. The molecule has 4 amide bonds. The van der Waals surface area contributed by atoms with Gasteiger partial charge in [0.25, 0.3) is 11.8 Å². The molecule has 2 aromatic carbocycles. The number of anilines is 2. The Morgan fingerprint density at radius 2 is 1.95 bits per heavy atom. The fourth-order valence-corrected chi connectivity index (χ4v) is 4.27. The summed E-state index contributed by atoms with van der Waals surface area (Å²) in [5.41, 5.74) is 0.955. The lowest BCUT2D eigenvalue weighted by Crippen LogP contribution is -2.50. The van der Waals surface area contributed by atoms with Crippen molar-refractivity contribution in [1.82, 2.24) is 19.8 Å². The van der Waals surface area contributed by atoms with Gasteiger partial charge in [0.05, 0.1) is 36.6 Å². The smallest absolute Gasteiger partial charge is 0.321 e. The molecule has 1 aromatic heterocycles. The number of rotatable bonds is 7. The van der Waals surface area contributed by atoms with Crippen molar-refractivity contribution in [1.29, 1.82) is 0 Å². The first-order valence-corrected chi connectivity index (χ1v) is 12.7. The number of carbonyl (C=O) groups excluding carboxylic acids is 3. The summed E-state index contributed by atoms with van der Waals surface area (Å²) < 4.78 is 19.7. The standard InChI is InChI=1S/C28H31FN6O5/c1-17-14-35(18(2)16-36)27(38)21-5-4-6-22(33-26(37)23-13-30-11-12-31-23)25(21)40-24(17)15-34(3)28(39)32-20-9-7-19(29)8-10-20/h4-13,17-18,24,36H,14-16H2,1-3H3,(H,32,39)(H,33,37)/t17-,18-,24+/m1/s1. The number of carbonyl (C=O) groups is 3. The van der Waals surface area contributed by atoms with Crippen LogP contribution in [0.2, 0.25) is 0 Å². The summed E-state index contributed by atoms with van der Waals surface area (Å²) in [7, 11) is 1.59. The van der Waals surface area contributed by atoms with Gasteiger partial charge in [0.15, 0.2) is 5.75 Å². The van der Waals surface area contributed by atoms with Crippen LogP contribution in [-0.2, 0) is 0 Å². The molecular weight excluding hydrogens is 519 g/mol. The van der Waals surface area contributed by atoms with Crippen LogP contribution in [0, 0.1) is 11.7 Å². The van der Waals surface area contributed by atoms with E-state index in [1.54, 1.807) is 37.1 Å². The van der Waals surface area contributed by atoms with Gasteiger partial charge in [0, 0.05) is 37.6 Å². The quantitative estimate of drug-likeness (QED) is 0.411. The van der Waals surface area contributed by atoms with E-state index >= 15 is 0 Å². The maximum absolute atomic E-state index is 13.6. The van der Waals surface area contributed by atoms with Gasteiger partial charge in [-0.1, -0.05) is 13.0 Å². The Morgan fingerprint density at radius 1 is 1.20 bits per heavy atom. The lowest BCUT2D eigenvalue weighted by molar-refractivity contribution is 0.0372. The van der Waals surface area contributed by atoms with E-state index in [-0.39, 0.29) is 54.2 Å². The van der Waals surface area contributed by atoms with E-state index in [0.29, 0.717) is 5.69 Å². The van der Waals surface area contributed by atoms with E-state index in [4.69, 9.17) is 4.74 Å². The third-order valence-electron chi connectivity index (χ3n) is 6.63. The number of hydrogen-bond donors (Lipinski definition) is 3. The fourth-order valence-electron chi connectivity index (χ4n) is 4.27. The van der Waals surface area contributed by atoms with Crippen LogP contribution in [0.15, 0.2) is 61.1 Å². The second-order valence-corrected chi connectivity index (χ2v) is 9.67. The molecule has 12 heteroatoms. The van der Waals surface area contributed by atoms with E-state index < -0.39 is 29.9 Å². The number of aliphatic hydroxyl groups excluding tert-OH is 1. The Morgan fingerprint density at radius 3 is 2.62 bits per heavy atom. The van der Waals surface area contributed by atoms with Gasteiger partial charge < -0.3 is 30.3 Å². The van der Waals surface area contributed by atoms with Gasteiger partial charge in [-0.2, -0.15) is 0 Å². The maximum atomic E-state index is 13.6. The first-order chi connectivity index (χ1) is 19.2. The molecule has 0 unspecified atom stereocenters. The highest BCUT2D eigenvalue weighted by Gasteiger charge is 2.35. The average Bonchev–Trinajstić information content (AvgIpc) is 2.96. The highest BCUT2D eigenvalue weighted by Crippen LogP contribution is 2.35. The Bertz CT molecular complexity index is 1360. The van der Waals surface area contributed by atoms with Crippen molar-refractivity contribution in [3.05, 3.63) is 78.1 Å². The third kappa shape index (κ3) is 6.52. The molecule has 1 aliphatic heterocycles. The SMILES string of the molecule is C[C@@H]1CN([C@H](C)CO)C(=O)c2cccc(NC(=O)c3cnccn3)c2O[C@H]1CN(C)C(=O)Nc1ccc(F)cc1. The minimum atomic E-state index is -0.612. The topological polar surface area (TPSA) is 137 Å². The highest BCUT2D eigenvalue weighted by molar-refractivity contribution is 6.06. The van der Waals surface area contributed by atoms with E-state index in [9.17, 15) is 23.9 Å². The number of likely N-dealkylation sites (N-methyl/N-ethyl adjacent to an activating group) is 1. The lowest BCUT2D eigenvalue weighted by Gasteiger charge is -2.38. The summed E-state index contributed by atoms with van der Waals surface area (Å²) in [6.07, 6.45) is 3.54. The molecular formula is C28H31FN6O5. The Kier molecular flexibility index (Phi) is 8.90. The van der Waals surface area contributed by atoms with E-state index in [2.05, 4.69) is 20.6 Å². The molecule has 3 atom stereocenters. The van der Waals surface area contributed by atoms with Gasteiger partial charge in [-0.15, -0.1) is 0 Å². The number of urea groups is 1. The number of benzene rings is 2.